The summed E-state index contributed by atoms with van der Waals surface area (Å²) in [4.78, 5) is 29.1. The highest BCUT2D eigenvalue weighted by atomic mass is 16.4. The number of unbranched alkanes of at least 4 members (excludes halogenated alkanes) is 1. The van der Waals surface area contributed by atoms with Crippen LogP contribution in [0.25, 0.3) is 0 Å². The number of rotatable bonds is 7. The van der Waals surface area contributed by atoms with Gasteiger partial charge in [0.1, 0.15) is 0 Å². The van der Waals surface area contributed by atoms with Crippen LogP contribution >= 0.6 is 0 Å². The van der Waals surface area contributed by atoms with Gasteiger partial charge in [0.2, 0.25) is 5.91 Å². The number of hydrogen-bond donors (Lipinski definition) is 1. The lowest BCUT2D eigenvalue weighted by Gasteiger charge is -2.35. The van der Waals surface area contributed by atoms with E-state index in [1.54, 1.807) is 0 Å². The van der Waals surface area contributed by atoms with Crippen LogP contribution in [0.1, 0.15) is 32.1 Å². The summed E-state index contributed by atoms with van der Waals surface area (Å²) < 4.78 is 0. The van der Waals surface area contributed by atoms with E-state index in [9.17, 15) is 9.59 Å². The molecular weight excluding hydrogens is 270 g/mol. The molecule has 2 saturated heterocycles. The second-order valence-corrected chi connectivity index (χ2v) is 6.06. The third-order valence-electron chi connectivity index (χ3n) is 4.40. The number of hydrogen-bond acceptors (Lipinski definition) is 4. The molecule has 2 rings (SSSR count). The molecule has 0 atom stereocenters. The maximum absolute atomic E-state index is 12.1. The zero-order valence-electron chi connectivity index (χ0n) is 12.8. The van der Waals surface area contributed by atoms with Crippen molar-refractivity contribution in [2.24, 2.45) is 0 Å². The summed E-state index contributed by atoms with van der Waals surface area (Å²) in [5.74, 6) is -0.428. The van der Waals surface area contributed by atoms with Crippen molar-refractivity contribution in [2.75, 3.05) is 52.4 Å². The standard InChI is InChI=1S/C15H27N3O3/c19-14(18-7-3-4-8-18)13-17-11-9-16(10-12-17)6-2-1-5-15(20)21/h1-13H2,(H,20,21). The molecule has 0 spiro atoms. The van der Waals surface area contributed by atoms with Crippen LogP contribution in [0.15, 0.2) is 0 Å². The number of amides is 1. The minimum absolute atomic E-state index is 0.268. The Kier molecular flexibility index (Phi) is 6.45. The zero-order valence-corrected chi connectivity index (χ0v) is 12.8. The van der Waals surface area contributed by atoms with Crippen molar-refractivity contribution in [3.63, 3.8) is 0 Å². The number of carbonyl (C=O) groups excluding carboxylic acids is 1. The van der Waals surface area contributed by atoms with Crippen LogP contribution < -0.4 is 0 Å². The average molecular weight is 297 g/mol. The van der Waals surface area contributed by atoms with Crippen molar-refractivity contribution in [3.05, 3.63) is 0 Å². The van der Waals surface area contributed by atoms with Crippen LogP contribution in [0, 0.1) is 0 Å². The lowest BCUT2D eigenvalue weighted by atomic mass is 10.2. The third-order valence-corrected chi connectivity index (χ3v) is 4.40. The molecule has 0 radical (unpaired) electrons. The molecule has 0 aromatic rings. The van der Waals surface area contributed by atoms with E-state index in [2.05, 4.69) is 9.80 Å². The molecule has 0 unspecified atom stereocenters. The molecule has 0 bridgehead atoms. The van der Waals surface area contributed by atoms with Gasteiger partial charge >= 0.3 is 5.97 Å². The zero-order chi connectivity index (χ0) is 15.1. The summed E-state index contributed by atoms with van der Waals surface area (Å²) in [6, 6.07) is 0. The van der Waals surface area contributed by atoms with Crippen molar-refractivity contribution < 1.29 is 14.7 Å². The van der Waals surface area contributed by atoms with Gasteiger partial charge in [0, 0.05) is 45.7 Å². The Labute approximate surface area is 126 Å². The summed E-state index contributed by atoms with van der Waals surface area (Å²) in [6.07, 6.45) is 4.26. The minimum atomic E-state index is -0.708. The average Bonchev–Trinajstić information content (AvgIpc) is 2.99. The molecule has 120 valence electrons. The molecular formula is C15H27N3O3. The normalized spacial score (nSPS) is 20.9. The maximum atomic E-state index is 12.1. The first-order valence-corrected chi connectivity index (χ1v) is 8.09. The molecule has 0 aromatic heterocycles. The monoisotopic (exact) mass is 297 g/mol. The molecule has 0 aromatic carbocycles. The van der Waals surface area contributed by atoms with E-state index in [-0.39, 0.29) is 12.3 Å². The molecule has 2 aliphatic rings. The largest absolute Gasteiger partial charge is 0.481 e. The molecule has 6 nitrogen and oxygen atoms in total. The highest BCUT2D eigenvalue weighted by molar-refractivity contribution is 5.78. The second kappa shape index (κ2) is 8.34. The molecule has 0 aliphatic carbocycles. The van der Waals surface area contributed by atoms with Crippen molar-refractivity contribution in [1.82, 2.24) is 14.7 Å². The van der Waals surface area contributed by atoms with E-state index in [1.807, 2.05) is 4.90 Å². The van der Waals surface area contributed by atoms with Crippen LogP contribution in [0.5, 0.6) is 0 Å². The number of aliphatic carboxylic acids is 1. The lowest BCUT2D eigenvalue weighted by molar-refractivity contribution is -0.137. The first-order chi connectivity index (χ1) is 10.1. The van der Waals surface area contributed by atoms with Crippen molar-refractivity contribution in [1.29, 1.82) is 0 Å². The van der Waals surface area contributed by atoms with E-state index in [4.69, 9.17) is 5.11 Å². The minimum Gasteiger partial charge on any atom is -0.481 e. The predicted octanol–water partition coefficient (Wildman–Crippen LogP) is 0.481. The van der Waals surface area contributed by atoms with Gasteiger partial charge in [-0.2, -0.15) is 0 Å². The van der Waals surface area contributed by atoms with Crippen LogP contribution in [0.4, 0.5) is 0 Å². The molecule has 1 N–H and O–H groups in total. The molecule has 2 aliphatic heterocycles. The Morgan fingerprint density at radius 1 is 0.857 bits per heavy atom. The Morgan fingerprint density at radius 3 is 2.10 bits per heavy atom. The molecule has 2 fully saturated rings. The Balaban J connectivity index is 1.57. The highest BCUT2D eigenvalue weighted by Gasteiger charge is 2.23. The molecule has 6 heteroatoms. The fourth-order valence-electron chi connectivity index (χ4n) is 3.04. The highest BCUT2D eigenvalue weighted by Crippen LogP contribution is 2.09. The van der Waals surface area contributed by atoms with Gasteiger partial charge in [-0.3, -0.25) is 14.5 Å². The van der Waals surface area contributed by atoms with E-state index >= 15 is 0 Å². The summed E-state index contributed by atoms with van der Waals surface area (Å²) in [5.41, 5.74) is 0. The topological polar surface area (TPSA) is 64.1 Å². The van der Waals surface area contributed by atoms with Crippen molar-refractivity contribution in [3.8, 4) is 0 Å². The molecule has 0 saturated carbocycles. The van der Waals surface area contributed by atoms with Gasteiger partial charge in [0.15, 0.2) is 0 Å². The Morgan fingerprint density at radius 2 is 1.48 bits per heavy atom. The molecule has 21 heavy (non-hydrogen) atoms. The van der Waals surface area contributed by atoms with Gasteiger partial charge < -0.3 is 14.9 Å². The number of carboxylic acid groups (broad SMARTS) is 1. The smallest absolute Gasteiger partial charge is 0.303 e. The number of carbonyl (C=O) groups is 2. The maximum Gasteiger partial charge on any atom is 0.303 e. The van der Waals surface area contributed by atoms with Gasteiger partial charge in [-0.05, 0) is 32.2 Å². The fraction of sp³-hybridized carbons (Fsp3) is 0.867. The third kappa shape index (κ3) is 5.63. The van der Waals surface area contributed by atoms with Crippen LogP contribution in [0.3, 0.4) is 0 Å². The number of carboxylic acids is 1. The van der Waals surface area contributed by atoms with E-state index in [0.29, 0.717) is 6.54 Å². The SMILES string of the molecule is O=C(O)CCCCN1CCN(CC(=O)N2CCCC2)CC1. The van der Waals surface area contributed by atoms with Gasteiger partial charge in [-0.25, -0.2) is 0 Å². The van der Waals surface area contributed by atoms with Gasteiger partial charge in [0.05, 0.1) is 6.54 Å². The second-order valence-electron chi connectivity index (χ2n) is 6.06. The molecule has 1 amide bonds. The summed E-state index contributed by atoms with van der Waals surface area (Å²) >= 11 is 0. The van der Waals surface area contributed by atoms with Crippen LogP contribution in [-0.2, 0) is 9.59 Å². The van der Waals surface area contributed by atoms with Crippen molar-refractivity contribution in [2.45, 2.75) is 32.1 Å². The van der Waals surface area contributed by atoms with Crippen molar-refractivity contribution >= 4 is 11.9 Å². The predicted molar refractivity (Wildman–Crippen MR) is 80.2 cm³/mol. The quantitative estimate of drug-likeness (QED) is 0.693. The first-order valence-electron chi connectivity index (χ1n) is 8.09. The van der Waals surface area contributed by atoms with E-state index in [0.717, 1.165) is 71.5 Å². The first kappa shape index (κ1) is 16.2. The summed E-state index contributed by atoms with van der Waals surface area (Å²) in [7, 11) is 0. The van der Waals surface area contributed by atoms with Crippen LogP contribution in [-0.4, -0.2) is 84.0 Å². The Bertz CT molecular complexity index is 348. The summed E-state index contributed by atoms with van der Waals surface area (Å²) in [6.45, 7) is 7.26. The van der Waals surface area contributed by atoms with E-state index < -0.39 is 5.97 Å². The van der Waals surface area contributed by atoms with Gasteiger partial charge in [-0.15, -0.1) is 0 Å². The van der Waals surface area contributed by atoms with Gasteiger partial charge in [0.25, 0.3) is 0 Å². The number of nitrogens with zero attached hydrogens (tertiary/aromatic N) is 3. The van der Waals surface area contributed by atoms with E-state index in [1.165, 1.54) is 0 Å². The Hall–Kier alpha value is -1.14. The number of piperazine rings is 1. The summed E-state index contributed by atoms with van der Waals surface area (Å²) in [5, 5.41) is 8.60. The lowest BCUT2D eigenvalue weighted by Crippen LogP contribution is -2.49. The fourth-order valence-corrected chi connectivity index (χ4v) is 3.04. The molecule has 2 heterocycles. The number of likely N-dealkylation sites (tertiary alicyclic amines) is 1. The van der Waals surface area contributed by atoms with Gasteiger partial charge in [-0.1, -0.05) is 0 Å². The van der Waals surface area contributed by atoms with Crippen LogP contribution in [0.2, 0.25) is 0 Å².